The lowest BCUT2D eigenvalue weighted by molar-refractivity contribution is 0.101. The molecule has 0 aliphatic carbocycles. The molecule has 100 valence electrons. The number of benzene rings is 1. The monoisotopic (exact) mass is 272 g/mol. The van der Waals surface area contributed by atoms with Crippen LogP contribution in [0.15, 0.2) is 24.3 Å². The van der Waals surface area contributed by atoms with Crippen molar-refractivity contribution in [1.29, 1.82) is 0 Å². The van der Waals surface area contributed by atoms with Crippen LogP contribution >= 0.6 is 7.60 Å². The number of ketones is 1. The number of ether oxygens (including phenoxy) is 1. The van der Waals surface area contributed by atoms with Gasteiger partial charge in [-0.3, -0.25) is 9.36 Å². The summed E-state index contributed by atoms with van der Waals surface area (Å²) < 4.78 is 26.3. The molecule has 0 bridgehead atoms. The maximum Gasteiger partial charge on any atom is 0.337 e. The standard InChI is InChI=1S/C12H17O5P/c1-15-8-10-5-4-6-11(7-10)12(13)9-18(14,16-2)17-3/h4-7H,8-9H2,1-3H3. The molecule has 0 fully saturated rings. The number of carbonyl (C=O) groups excluding carboxylic acids is 1. The maximum atomic E-state index is 12.0. The fourth-order valence-corrected chi connectivity index (χ4v) is 2.41. The predicted octanol–water partition coefficient (Wildman–Crippen LogP) is 2.50. The zero-order valence-electron chi connectivity index (χ0n) is 10.7. The van der Waals surface area contributed by atoms with Gasteiger partial charge in [-0.1, -0.05) is 18.2 Å². The van der Waals surface area contributed by atoms with E-state index >= 15 is 0 Å². The summed E-state index contributed by atoms with van der Waals surface area (Å²) in [5.74, 6) is -0.278. The van der Waals surface area contributed by atoms with Gasteiger partial charge in [0.1, 0.15) is 6.16 Å². The molecule has 0 aliphatic rings. The van der Waals surface area contributed by atoms with Gasteiger partial charge < -0.3 is 13.8 Å². The minimum atomic E-state index is -3.31. The Balaban J connectivity index is 2.84. The van der Waals surface area contributed by atoms with Gasteiger partial charge in [0.2, 0.25) is 0 Å². The lowest BCUT2D eigenvalue weighted by Crippen LogP contribution is -2.08. The van der Waals surface area contributed by atoms with Gasteiger partial charge in [0, 0.05) is 26.9 Å². The number of hydrogen-bond acceptors (Lipinski definition) is 5. The second-order valence-electron chi connectivity index (χ2n) is 3.69. The summed E-state index contributed by atoms with van der Waals surface area (Å²) in [6, 6.07) is 6.98. The van der Waals surface area contributed by atoms with Crippen molar-refractivity contribution in [2.75, 3.05) is 27.5 Å². The Morgan fingerprint density at radius 3 is 2.44 bits per heavy atom. The van der Waals surface area contributed by atoms with Gasteiger partial charge in [0.15, 0.2) is 5.78 Å². The molecule has 18 heavy (non-hydrogen) atoms. The molecule has 0 aliphatic heterocycles. The Labute approximate surface area is 107 Å². The van der Waals surface area contributed by atoms with Crippen molar-refractivity contribution in [1.82, 2.24) is 0 Å². The molecule has 0 unspecified atom stereocenters. The third-order valence-corrected chi connectivity index (χ3v) is 4.24. The highest BCUT2D eigenvalue weighted by molar-refractivity contribution is 7.54. The van der Waals surface area contributed by atoms with E-state index < -0.39 is 7.60 Å². The molecule has 5 nitrogen and oxygen atoms in total. The van der Waals surface area contributed by atoms with Crippen molar-refractivity contribution in [3.63, 3.8) is 0 Å². The van der Waals surface area contributed by atoms with E-state index in [1.165, 1.54) is 14.2 Å². The molecule has 1 aromatic rings. The van der Waals surface area contributed by atoms with Gasteiger partial charge in [0.25, 0.3) is 0 Å². The van der Waals surface area contributed by atoms with Crippen molar-refractivity contribution in [2.24, 2.45) is 0 Å². The van der Waals surface area contributed by atoms with Gasteiger partial charge in [-0.25, -0.2) is 0 Å². The van der Waals surface area contributed by atoms with Crippen LogP contribution in [0.4, 0.5) is 0 Å². The lowest BCUT2D eigenvalue weighted by atomic mass is 10.1. The van der Waals surface area contributed by atoms with E-state index in [1.807, 2.05) is 6.07 Å². The van der Waals surface area contributed by atoms with E-state index in [4.69, 9.17) is 13.8 Å². The Morgan fingerprint density at radius 2 is 1.89 bits per heavy atom. The molecule has 1 rings (SSSR count). The second-order valence-corrected chi connectivity index (χ2v) is 5.96. The number of rotatable bonds is 7. The van der Waals surface area contributed by atoms with Gasteiger partial charge in [-0.15, -0.1) is 0 Å². The molecule has 0 heterocycles. The van der Waals surface area contributed by atoms with E-state index in [0.29, 0.717) is 12.2 Å². The van der Waals surface area contributed by atoms with Crippen LogP contribution < -0.4 is 0 Å². The highest BCUT2D eigenvalue weighted by Crippen LogP contribution is 2.46. The van der Waals surface area contributed by atoms with E-state index in [2.05, 4.69) is 0 Å². The van der Waals surface area contributed by atoms with Crippen LogP contribution in [0.2, 0.25) is 0 Å². The van der Waals surface area contributed by atoms with Crippen molar-refractivity contribution in [3.8, 4) is 0 Å². The molecular weight excluding hydrogens is 255 g/mol. The van der Waals surface area contributed by atoms with Crippen LogP contribution in [0.1, 0.15) is 15.9 Å². The highest BCUT2D eigenvalue weighted by atomic mass is 31.2. The molecule has 0 atom stereocenters. The van der Waals surface area contributed by atoms with Crippen LogP contribution in [0.3, 0.4) is 0 Å². The fourth-order valence-electron chi connectivity index (χ4n) is 1.47. The van der Waals surface area contributed by atoms with Gasteiger partial charge in [-0.05, 0) is 11.6 Å². The van der Waals surface area contributed by atoms with Crippen LogP contribution in [-0.2, 0) is 25.0 Å². The van der Waals surface area contributed by atoms with Crippen LogP contribution in [0.25, 0.3) is 0 Å². The fraction of sp³-hybridized carbons (Fsp3) is 0.417. The Hall–Kier alpha value is -1.00. The quantitative estimate of drug-likeness (QED) is 0.563. The van der Waals surface area contributed by atoms with E-state index in [-0.39, 0.29) is 11.9 Å². The molecule has 0 aromatic heterocycles. The molecular formula is C12H17O5P. The topological polar surface area (TPSA) is 61.8 Å². The summed E-state index contributed by atoms with van der Waals surface area (Å²) in [7, 11) is 0.793. The third kappa shape index (κ3) is 4.03. The minimum Gasteiger partial charge on any atom is -0.380 e. The number of Topliss-reactive ketones (excluding diaryl/α,β-unsaturated/α-hetero) is 1. The smallest absolute Gasteiger partial charge is 0.337 e. The molecule has 0 spiro atoms. The van der Waals surface area contributed by atoms with Crippen LogP contribution in [-0.4, -0.2) is 33.3 Å². The Morgan fingerprint density at radius 1 is 1.22 bits per heavy atom. The van der Waals surface area contributed by atoms with E-state index in [9.17, 15) is 9.36 Å². The zero-order chi connectivity index (χ0) is 13.6. The first kappa shape index (κ1) is 15.1. The van der Waals surface area contributed by atoms with Gasteiger partial charge >= 0.3 is 7.60 Å². The first-order chi connectivity index (χ1) is 8.54. The van der Waals surface area contributed by atoms with Crippen LogP contribution in [0, 0.1) is 0 Å². The molecule has 0 N–H and O–H groups in total. The number of hydrogen-bond donors (Lipinski definition) is 0. The average Bonchev–Trinajstić information content (AvgIpc) is 2.39. The van der Waals surface area contributed by atoms with Crippen LogP contribution in [0.5, 0.6) is 0 Å². The van der Waals surface area contributed by atoms with Gasteiger partial charge in [-0.2, -0.15) is 0 Å². The molecule has 0 saturated heterocycles. The molecule has 0 saturated carbocycles. The minimum absolute atomic E-state index is 0.267. The van der Waals surface area contributed by atoms with Gasteiger partial charge in [0.05, 0.1) is 6.61 Å². The summed E-state index contributed by atoms with van der Waals surface area (Å²) in [6.07, 6.45) is -0.267. The summed E-state index contributed by atoms with van der Waals surface area (Å²) >= 11 is 0. The molecule has 0 radical (unpaired) electrons. The van der Waals surface area contributed by atoms with E-state index in [1.54, 1.807) is 25.3 Å². The normalized spacial score (nSPS) is 11.5. The summed E-state index contributed by atoms with van der Waals surface area (Å²) in [6.45, 7) is 0.424. The largest absolute Gasteiger partial charge is 0.380 e. The summed E-state index contributed by atoms with van der Waals surface area (Å²) in [5, 5.41) is 0. The van der Waals surface area contributed by atoms with Crippen molar-refractivity contribution in [3.05, 3.63) is 35.4 Å². The second kappa shape index (κ2) is 6.81. The third-order valence-electron chi connectivity index (χ3n) is 2.45. The first-order valence-electron chi connectivity index (χ1n) is 5.36. The van der Waals surface area contributed by atoms with Crippen molar-refractivity contribution in [2.45, 2.75) is 6.61 Å². The summed E-state index contributed by atoms with van der Waals surface area (Å²) in [5.41, 5.74) is 1.35. The summed E-state index contributed by atoms with van der Waals surface area (Å²) in [4.78, 5) is 12.0. The maximum absolute atomic E-state index is 12.0. The molecule has 0 amide bonds. The van der Waals surface area contributed by atoms with Crippen molar-refractivity contribution < 1.29 is 23.1 Å². The lowest BCUT2D eigenvalue weighted by Gasteiger charge is -2.12. The average molecular weight is 272 g/mol. The Kier molecular flexibility index (Phi) is 5.69. The first-order valence-corrected chi connectivity index (χ1v) is 7.09. The molecule has 1 aromatic carbocycles. The SMILES string of the molecule is COCc1cccc(C(=O)CP(=O)(OC)OC)c1. The number of carbonyl (C=O) groups is 1. The van der Waals surface area contributed by atoms with E-state index in [0.717, 1.165) is 5.56 Å². The molecule has 6 heteroatoms. The predicted molar refractivity (Wildman–Crippen MR) is 68.0 cm³/mol. The highest BCUT2D eigenvalue weighted by Gasteiger charge is 2.26. The van der Waals surface area contributed by atoms with Crippen molar-refractivity contribution >= 4 is 13.4 Å². The Bertz CT molecular complexity index is 450. The zero-order valence-corrected chi connectivity index (χ0v) is 11.6. The number of methoxy groups -OCH3 is 1.